The second-order valence-electron chi connectivity index (χ2n) is 9.65. The SMILES string of the molecule is CN(C)c1ccc(C(CNS(=O)(=O)C2CCCCC2)N2CCN(c3ccc(F)cc3)CC2)cc1. The van der Waals surface area contributed by atoms with Gasteiger partial charge < -0.3 is 9.80 Å². The van der Waals surface area contributed by atoms with Crippen molar-refractivity contribution in [3.05, 3.63) is 59.9 Å². The standard InChI is InChI=1S/C26H37FN4O2S/c1-29(2)23-12-8-21(9-13-23)26(20-28-34(32,33)25-6-4-3-5-7-25)31-18-16-30(17-19-31)24-14-10-22(27)11-15-24/h8-15,25-26,28H,3-7,16-20H2,1-2H3. The maximum Gasteiger partial charge on any atom is 0.214 e. The molecule has 8 heteroatoms. The molecule has 186 valence electrons. The van der Waals surface area contributed by atoms with E-state index in [0.29, 0.717) is 6.54 Å². The lowest BCUT2D eigenvalue weighted by atomic mass is 10.0. The van der Waals surface area contributed by atoms with Crippen molar-refractivity contribution in [2.75, 3.05) is 56.6 Å². The van der Waals surface area contributed by atoms with E-state index in [1.165, 1.54) is 12.1 Å². The van der Waals surface area contributed by atoms with Gasteiger partial charge in [0, 0.05) is 64.2 Å². The highest BCUT2D eigenvalue weighted by Gasteiger charge is 2.30. The van der Waals surface area contributed by atoms with E-state index in [-0.39, 0.29) is 17.1 Å². The van der Waals surface area contributed by atoms with Crippen molar-refractivity contribution in [3.63, 3.8) is 0 Å². The Morgan fingerprint density at radius 3 is 2.15 bits per heavy atom. The molecule has 0 bridgehead atoms. The van der Waals surface area contributed by atoms with E-state index < -0.39 is 10.0 Å². The van der Waals surface area contributed by atoms with Crippen molar-refractivity contribution >= 4 is 21.4 Å². The van der Waals surface area contributed by atoms with Gasteiger partial charge in [-0.1, -0.05) is 31.4 Å². The summed E-state index contributed by atoms with van der Waals surface area (Å²) >= 11 is 0. The minimum Gasteiger partial charge on any atom is -0.378 e. The molecule has 1 N–H and O–H groups in total. The van der Waals surface area contributed by atoms with Crippen LogP contribution in [0.25, 0.3) is 0 Å². The van der Waals surface area contributed by atoms with Crippen LogP contribution in [0.4, 0.5) is 15.8 Å². The number of halogens is 1. The molecule has 0 amide bonds. The Balaban J connectivity index is 1.47. The minimum atomic E-state index is -3.34. The molecule has 2 fully saturated rings. The Morgan fingerprint density at radius 2 is 1.56 bits per heavy atom. The minimum absolute atomic E-state index is 0.0371. The van der Waals surface area contributed by atoms with Crippen LogP contribution in [-0.4, -0.2) is 65.4 Å². The number of benzene rings is 2. The van der Waals surface area contributed by atoms with E-state index >= 15 is 0 Å². The molecule has 1 heterocycles. The zero-order valence-corrected chi connectivity index (χ0v) is 21.1. The lowest BCUT2D eigenvalue weighted by molar-refractivity contribution is 0.187. The molecule has 0 spiro atoms. The number of hydrogen-bond acceptors (Lipinski definition) is 5. The summed E-state index contributed by atoms with van der Waals surface area (Å²) in [4.78, 5) is 6.69. The number of anilines is 2. The van der Waals surface area contributed by atoms with Crippen LogP contribution in [0.15, 0.2) is 48.5 Å². The van der Waals surface area contributed by atoms with Gasteiger partial charge in [0.1, 0.15) is 5.82 Å². The monoisotopic (exact) mass is 488 g/mol. The first-order chi connectivity index (χ1) is 16.3. The summed E-state index contributed by atoms with van der Waals surface area (Å²) in [6.45, 7) is 3.61. The van der Waals surface area contributed by atoms with Crippen LogP contribution in [0.5, 0.6) is 0 Å². The molecule has 0 radical (unpaired) electrons. The summed E-state index contributed by atoms with van der Waals surface area (Å²) in [5, 5.41) is -0.270. The van der Waals surface area contributed by atoms with Gasteiger partial charge in [0.05, 0.1) is 5.25 Å². The number of sulfonamides is 1. The summed E-state index contributed by atoms with van der Waals surface area (Å²) in [5.74, 6) is -0.228. The predicted octanol–water partition coefficient (Wildman–Crippen LogP) is 4.01. The molecule has 4 rings (SSSR count). The lowest BCUT2D eigenvalue weighted by Crippen LogP contribution is -2.50. The molecular weight excluding hydrogens is 451 g/mol. The Kier molecular flexibility index (Phi) is 8.11. The first kappa shape index (κ1) is 24.9. The quantitative estimate of drug-likeness (QED) is 0.609. The van der Waals surface area contributed by atoms with Crippen molar-refractivity contribution < 1.29 is 12.8 Å². The van der Waals surface area contributed by atoms with Gasteiger partial charge >= 0.3 is 0 Å². The Hall–Kier alpha value is -2.16. The molecule has 1 aliphatic carbocycles. The van der Waals surface area contributed by atoms with Gasteiger partial charge in [-0.3, -0.25) is 4.90 Å². The van der Waals surface area contributed by atoms with Crippen molar-refractivity contribution in [1.82, 2.24) is 9.62 Å². The van der Waals surface area contributed by atoms with E-state index in [1.807, 2.05) is 26.2 Å². The van der Waals surface area contributed by atoms with Crippen molar-refractivity contribution in [3.8, 4) is 0 Å². The smallest absolute Gasteiger partial charge is 0.214 e. The second kappa shape index (κ2) is 11.1. The van der Waals surface area contributed by atoms with Crippen LogP contribution >= 0.6 is 0 Å². The number of nitrogens with zero attached hydrogens (tertiary/aromatic N) is 3. The molecule has 2 aromatic carbocycles. The number of piperazine rings is 1. The van der Waals surface area contributed by atoms with E-state index in [0.717, 1.165) is 75.2 Å². The van der Waals surface area contributed by atoms with Crippen LogP contribution < -0.4 is 14.5 Å². The Morgan fingerprint density at radius 1 is 0.941 bits per heavy atom. The van der Waals surface area contributed by atoms with E-state index in [9.17, 15) is 12.8 Å². The summed E-state index contributed by atoms with van der Waals surface area (Å²) < 4.78 is 42.4. The second-order valence-corrected chi connectivity index (χ2v) is 11.7. The zero-order valence-electron chi connectivity index (χ0n) is 20.3. The summed E-state index contributed by atoms with van der Waals surface area (Å²) in [7, 11) is 0.691. The first-order valence-corrected chi connectivity index (χ1v) is 13.9. The van der Waals surface area contributed by atoms with Crippen LogP contribution in [0.3, 0.4) is 0 Å². The average molecular weight is 489 g/mol. The summed E-state index contributed by atoms with van der Waals surface area (Å²) in [5.41, 5.74) is 3.25. The molecular formula is C26H37FN4O2S. The fourth-order valence-corrected chi connectivity index (χ4v) is 6.66. The topological polar surface area (TPSA) is 55.9 Å². The van der Waals surface area contributed by atoms with Gasteiger partial charge in [-0.25, -0.2) is 17.5 Å². The van der Waals surface area contributed by atoms with Crippen LogP contribution in [0, 0.1) is 5.82 Å². The molecule has 0 aromatic heterocycles. The maximum atomic E-state index is 13.3. The van der Waals surface area contributed by atoms with E-state index in [4.69, 9.17) is 0 Å². The Labute approximate surface area is 203 Å². The highest BCUT2D eigenvalue weighted by atomic mass is 32.2. The lowest BCUT2D eigenvalue weighted by Gasteiger charge is -2.40. The maximum absolute atomic E-state index is 13.3. The van der Waals surface area contributed by atoms with E-state index in [1.54, 1.807) is 0 Å². The normalized spacial score (nSPS) is 19.2. The van der Waals surface area contributed by atoms with Crippen LogP contribution in [-0.2, 0) is 10.0 Å². The van der Waals surface area contributed by atoms with Crippen molar-refractivity contribution in [1.29, 1.82) is 0 Å². The number of nitrogens with one attached hydrogen (secondary N) is 1. The van der Waals surface area contributed by atoms with Gasteiger partial charge in [-0.2, -0.15) is 0 Å². The molecule has 1 unspecified atom stereocenters. The predicted molar refractivity (Wildman–Crippen MR) is 137 cm³/mol. The summed E-state index contributed by atoms with van der Waals surface area (Å²) in [6.07, 6.45) is 4.63. The third kappa shape index (κ3) is 6.09. The molecule has 34 heavy (non-hydrogen) atoms. The van der Waals surface area contributed by atoms with Crippen molar-refractivity contribution in [2.24, 2.45) is 0 Å². The fraction of sp³-hybridized carbons (Fsp3) is 0.538. The number of rotatable bonds is 8. The Bertz CT molecular complexity index is 1010. The van der Waals surface area contributed by atoms with Crippen molar-refractivity contribution in [2.45, 2.75) is 43.4 Å². The summed E-state index contributed by atoms with van der Waals surface area (Å²) in [6, 6.07) is 15.0. The average Bonchev–Trinajstić information content (AvgIpc) is 2.86. The molecule has 1 aliphatic heterocycles. The van der Waals surface area contributed by atoms with Crippen LogP contribution in [0.2, 0.25) is 0 Å². The molecule has 2 aromatic rings. The van der Waals surface area contributed by atoms with Gasteiger partial charge in [0.2, 0.25) is 10.0 Å². The molecule has 6 nitrogen and oxygen atoms in total. The number of hydrogen-bond donors (Lipinski definition) is 1. The van der Waals surface area contributed by atoms with E-state index in [2.05, 4.69) is 43.7 Å². The largest absolute Gasteiger partial charge is 0.378 e. The molecule has 1 saturated carbocycles. The first-order valence-electron chi connectivity index (χ1n) is 12.3. The van der Waals surface area contributed by atoms with Gasteiger partial charge in [-0.05, 0) is 54.8 Å². The van der Waals surface area contributed by atoms with Gasteiger partial charge in [0.15, 0.2) is 0 Å². The fourth-order valence-electron chi connectivity index (χ4n) is 5.08. The zero-order chi connectivity index (χ0) is 24.1. The van der Waals surface area contributed by atoms with Crippen LogP contribution in [0.1, 0.15) is 43.7 Å². The third-order valence-corrected chi connectivity index (χ3v) is 9.13. The highest BCUT2D eigenvalue weighted by Crippen LogP contribution is 2.28. The molecule has 1 saturated heterocycles. The van der Waals surface area contributed by atoms with Gasteiger partial charge in [-0.15, -0.1) is 0 Å². The highest BCUT2D eigenvalue weighted by molar-refractivity contribution is 7.90. The molecule has 2 aliphatic rings. The third-order valence-electron chi connectivity index (χ3n) is 7.21. The molecule has 1 atom stereocenters. The van der Waals surface area contributed by atoms with Gasteiger partial charge in [0.25, 0.3) is 0 Å².